The molecule has 0 saturated heterocycles. The molecule has 1 spiro atoms. The van der Waals surface area contributed by atoms with Crippen molar-refractivity contribution in [1.29, 1.82) is 0 Å². The Morgan fingerprint density at radius 1 is 0.967 bits per heavy atom. The number of ether oxygens (including phenoxy) is 1. The van der Waals surface area contributed by atoms with Crippen molar-refractivity contribution < 1.29 is 14.3 Å². The lowest BCUT2D eigenvalue weighted by Gasteiger charge is -2.36. The predicted molar refractivity (Wildman–Crippen MR) is 113 cm³/mol. The molecular weight excluding hydrogens is 376 g/mol. The summed E-state index contributed by atoms with van der Waals surface area (Å²) in [7, 11) is 0. The number of carbonyl (C=O) groups is 2. The molecule has 1 amide bonds. The normalized spacial score (nSPS) is 30.5. The maximum atomic E-state index is 12.9. The van der Waals surface area contributed by atoms with Crippen molar-refractivity contribution in [1.82, 2.24) is 10.3 Å². The lowest BCUT2D eigenvalue weighted by Crippen LogP contribution is -2.43. The first-order valence-electron chi connectivity index (χ1n) is 11.2. The predicted octanol–water partition coefficient (Wildman–Crippen LogP) is 4.48. The first-order valence-corrected chi connectivity index (χ1v) is 11.2. The summed E-state index contributed by atoms with van der Waals surface area (Å²) in [5, 5.41) is 3.31. The SMILES string of the molecule is O=C1O[C@]2(CC[C@@H](C(=O)N[C@H]3CC[C@H](c4ccccc4)CC3)CC2)c2ncccc21. The first kappa shape index (κ1) is 19.3. The van der Waals surface area contributed by atoms with Gasteiger partial charge in [0.15, 0.2) is 5.60 Å². The van der Waals surface area contributed by atoms with Crippen LogP contribution in [0.5, 0.6) is 0 Å². The Balaban J connectivity index is 1.15. The van der Waals surface area contributed by atoms with E-state index in [4.69, 9.17) is 4.74 Å². The molecule has 1 aromatic heterocycles. The van der Waals surface area contributed by atoms with Crippen molar-refractivity contribution in [3.63, 3.8) is 0 Å². The van der Waals surface area contributed by atoms with Crippen LogP contribution < -0.4 is 5.32 Å². The molecule has 1 N–H and O–H groups in total. The minimum absolute atomic E-state index is 0.00561. The van der Waals surface area contributed by atoms with Crippen LogP contribution in [0.2, 0.25) is 0 Å². The van der Waals surface area contributed by atoms with E-state index < -0.39 is 5.60 Å². The standard InChI is InChI=1S/C25H28N2O3/c28-23(27-20-10-8-18(9-11-20)17-5-2-1-3-6-17)19-12-14-25(15-13-19)22-21(24(29)30-25)7-4-16-26-22/h1-7,16,18-20H,8-15H2,(H,27,28)/t18-,19-,20-,25+. The molecule has 0 atom stereocenters. The maximum absolute atomic E-state index is 12.9. The number of amides is 1. The summed E-state index contributed by atoms with van der Waals surface area (Å²) in [5.41, 5.74) is 2.13. The number of carbonyl (C=O) groups excluding carboxylic acids is 2. The van der Waals surface area contributed by atoms with Crippen LogP contribution in [0.3, 0.4) is 0 Å². The average molecular weight is 405 g/mol. The second-order valence-corrected chi connectivity index (χ2v) is 9.03. The van der Waals surface area contributed by atoms with Gasteiger partial charge >= 0.3 is 5.97 Å². The number of fused-ring (bicyclic) bond motifs is 2. The van der Waals surface area contributed by atoms with E-state index in [1.165, 1.54) is 5.56 Å². The molecule has 0 radical (unpaired) electrons. The third-order valence-electron chi connectivity index (χ3n) is 7.26. The maximum Gasteiger partial charge on any atom is 0.341 e. The van der Waals surface area contributed by atoms with Gasteiger partial charge in [-0.15, -0.1) is 0 Å². The number of hydrogen-bond donors (Lipinski definition) is 1. The highest BCUT2D eigenvalue weighted by molar-refractivity contribution is 5.94. The van der Waals surface area contributed by atoms with Gasteiger partial charge in [-0.3, -0.25) is 9.78 Å². The van der Waals surface area contributed by atoms with Gasteiger partial charge in [-0.2, -0.15) is 0 Å². The van der Waals surface area contributed by atoms with Gasteiger partial charge in [0.05, 0.1) is 11.3 Å². The Labute approximate surface area is 177 Å². The van der Waals surface area contributed by atoms with E-state index in [0.717, 1.165) is 44.2 Å². The first-order chi connectivity index (χ1) is 14.6. The molecule has 2 heterocycles. The highest BCUT2D eigenvalue weighted by Gasteiger charge is 2.49. The van der Waals surface area contributed by atoms with E-state index in [1.54, 1.807) is 18.3 Å². The third-order valence-corrected chi connectivity index (χ3v) is 7.26. The monoisotopic (exact) mass is 404 g/mol. The van der Waals surface area contributed by atoms with Crippen molar-refractivity contribution in [2.45, 2.75) is 68.9 Å². The molecule has 1 aromatic carbocycles. The van der Waals surface area contributed by atoms with Gasteiger partial charge in [0.1, 0.15) is 0 Å². The summed E-state index contributed by atoms with van der Waals surface area (Å²) >= 11 is 0. The van der Waals surface area contributed by atoms with Gasteiger partial charge in [0.25, 0.3) is 0 Å². The molecule has 0 unspecified atom stereocenters. The molecule has 156 valence electrons. The lowest BCUT2D eigenvalue weighted by atomic mass is 9.76. The van der Waals surface area contributed by atoms with E-state index in [1.807, 2.05) is 0 Å². The Bertz CT molecular complexity index is 926. The Hall–Kier alpha value is -2.69. The second kappa shape index (κ2) is 7.86. The van der Waals surface area contributed by atoms with E-state index in [-0.39, 0.29) is 23.8 Å². The van der Waals surface area contributed by atoms with Gasteiger partial charge < -0.3 is 10.1 Å². The molecule has 5 nitrogen and oxygen atoms in total. The zero-order chi connectivity index (χ0) is 20.6. The van der Waals surface area contributed by atoms with Gasteiger partial charge in [-0.25, -0.2) is 4.79 Å². The molecule has 2 aliphatic carbocycles. The van der Waals surface area contributed by atoms with Gasteiger partial charge in [-0.1, -0.05) is 30.3 Å². The third kappa shape index (κ3) is 3.51. The Kier molecular flexibility index (Phi) is 5.05. The zero-order valence-corrected chi connectivity index (χ0v) is 17.2. The fraction of sp³-hybridized carbons (Fsp3) is 0.480. The number of benzene rings is 1. The van der Waals surface area contributed by atoms with Crippen LogP contribution in [-0.2, 0) is 15.1 Å². The molecule has 2 aromatic rings. The van der Waals surface area contributed by atoms with Crippen molar-refractivity contribution in [3.05, 3.63) is 65.5 Å². The molecule has 3 aliphatic rings. The van der Waals surface area contributed by atoms with Crippen LogP contribution in [0.4, 0.5) is 0 Å². The number of aromatic nitrogens is 1. The number of rotatable bonds is 3. The summed E-state index contributed by atoms with van der Waals surface area (Å²) in [6.45, 7) is 0. The molecule has 2 fully saturated rings. The number of nitrogens with one attached hydrogen (secondary N) is 1. The van der Waals surface area contributed by atoms with Gasteiger partial charge in [-0.05, 0) is 75.0 Å². The number of nitrogens with zero attached hydrogens (tertiary/aromatic N) is 1. The second-order valence-electron chi connectivity index (χ2n) is 9.03. The molecule has 5 heteroatoms. The number of pyridine rings is 1. The number of esters is 1. The highest BCUT2D eigenvalue weighted by Crippen LogP contribution is 2.47. The zero-order valence-electron chi connectivity index (χ0n) is 17.2. The Morgan fingerprint density at radius 2 is 1.70 bits per heavy atom. The molecule has 30 heavy (non-hydrogen) atoms. The molecule has 5 rings (SSSR count). The largest absolute Gasteiger partial charge is 0.449 e. The smallest absolute Gasteiger partial charge is 0.341 e. The summed E-state index contributed by atoms with van der Waals surface area (Å²) in [5.74, 6) is 0.488. The van der Waals surface area contributed by atoms with E-state index in [2.05, 4.69) is 40.6 Å². The fourth-order valence-electron chi connectivity index (χ4n) is 5.51. The average Bonchev–Trinajstić information content (AvgIpc) is 3.07. The van der Waals surface area contributed by atoms with Crippen LogP contribution in [0.1, 0.15) is 78.9 Å². The summed E-state index contributed by atoms with van der Waals surface area (Å²) < 4.78 is 5.76. The summed E-state index contributed by atoms with van der Waals surface area (Å²) in [6, 6.07) is 14.5. The van der Waals surface area contributed by atoms with Crippen LogP contribution in [0.25, 0.3) is 0 Å². The molecule has 2 saturated carbocycles. The van der Waals surface area contributed by atoms with Crippen molar-refractivity contribution in [2.24, 2.45) is 5.92 Å². The van der Waals surface area contributed by atoms with Gasteiger partial charge in [0.2, 0.25) is 5.91 Å². The quantitative estimate of drug-likeness (QED) is 0.766. The van der Waals surface area contributed by atoms with Crippen molar-refractivity contribution in [3.8, 4) is 0 Å². The summed E-state index contributed by atoms with van der Waals surface area (Å²) in [6.07, 6.45) is 8.84. The molecular formula is C25H28N2O3. The topological polar surface area (TPSA) is 68.3 Å². The van der Waals surface area contributed by atoms with Crippen LogP contribution in [0.15, 0.2) is 48.7 Å². The summed E-state index contributed by atoms with van der Waals surface area (Å²) in [4.78, 5) is 29.5. The van der Waals surface area contributed by atoms with E-state index in [0.29, 0.717) is 24.3 Å². The van der Waals surface area contributed by atoms with Crippen LogP contribution >= 0.6 is 0 Å². The minimum Gasteiger partial charge on any atom is -0.449 e. The van der Waals surface area contributed by atoms with Crippen molar-refractivity contribution >= 4 is 11.9 Å². The van der Waals surface area contributed by atoms with E-state index >= 15 is 0 Å². The van der Waals surface area contributed by atoms with Crippen LogP contribution in [0, 0.1) is 5.92 Å². The minimum atomic E-state index is -0.627. The highest BCUT2D eigenvalue weighted by atomic mass is 16.6. The molecule has 0 bridgehead atoms. The molecule has 1 aliphatic heterocycles. The Morgan fingerprint density at radius 3 is 2.43 bits per heavy atom. The van der Waals surface area contributed by atoms with Crippen LogP contribution in [-0.4, -0.2) is 22.9 Å². The van der Waals surface area contributed by atoms with Crippen molar-refractivity contribution in [2.75, 3.05) is 0 Å². The van der Waals surface area contributed by atoms with Gasteiger partial charge in [0, 0.05) is 18.2 Å². The van der Waals surface area contributed by atoms with E-state index in [9.17, 15) is 9.59 Å². The lowest BCUT2D eigenvalue weighted by molar-refractivity contribution is -0.129. The fourth-order valence-corrected chi connectivity index (χ4v) is 5.51. The number of hydrogen-bond acceptors (Lipinski definition) is 4.